The number of benzene rings is 1. The van der Waals surface area contributed by atoms with E-state index in [4.69, 9.17) is 4.52 Å². The van der Waals surface area contributed by atoms with Crippen molar-refractivity contribution in [3.63, 3.8) is 0 Å². The van der Waals surface area contributed by atoms with Crippen LogP contribution in [-0.2, 0) is 6.42 Å². The van der Waals surface area contributed by atoms with Crippen LogP contribution in [0.15, 0.2) is 41.1 Å². The van der Waals surface area contributed by atoms with Gasteiger partial charge < -0.3 is 9.84 Å². The van der Waals surface area contributed by atoms with Crippen molar-refractivity contribution < 1.29 is 9.32 Å². The zero-order chi connectivity index (χ0) is 11.4. The molecule has 16 heavy (non-hydrogen) atoms. The van der Waals surface area contributed by atoms with Gasteiger partial charge in [0.15, 0.2) is 0 Å². The Kier molecular flexibility index (Phi) is 3.00. The minimum Gasteiger partial charge on any atom is -0.351 e. The fraction of sp³-hybridized carbons (Fsp3) is 0.167. The molecule has 0 aliphatic carbocycles. The molecular formula is C12H12N2O2. The van der Waals surface area contributed by atoms with Crippen LogP contribution in [-0.4, -0.2) is 11.1 Å². The first-order valence-electron chi connectivity index (χ1n) is 5.10. The molecule has 0 saturated carbocycles. The van der Waals surface area contributed by atoms with Gasteiger partial charge in [-0.05, 0) is 24.1 Å². The van der Waals surface area contributed by atoms with Crippen LogP contribution in [0.4, 0.5) is 5.69 Å². The van der Waals surface area contributed by atoms with Gasteiger partial charge in [0.05, 0.1) is 6.20 Å². The number of hydrogen-bond donors (Lipinski definition) is 1. The van der Waals surface area contributed by atoms with Gasteiger partial charge in [-0.3, -0.25) is 4.79 Å². The molecule has 1 N–H and O–H groups in total. The van der Waals surface area contributed by atoms with Crippen LogP contribution < -0.4 is 5.32 Å². The molecule has 2 aromatic rings. The summed E-state index contributed by atoms with van der Waals surface area (Å²) < 4.78 is 4.75. The third-order valence-corrected chi connectivity index (χ3v) is 2.28. The summed E-state index contributed by atoms with van der Waals surface area (Å²) in [5.41, 5.74) is 1.98. The number of anilines is 1. The minimum atomic E-state index is -0.290. The molecule has 0 saturated heterocycles. The highest BCUT2D eigenvalue weighted by Gasteiger charge is 2.09. The molecule has 0 fully saturated rings. The van der Waals surface area contributed by atoms with Crippen LogP contribution in [0.3, 0.4) is 0 Å². The monoisotopic (exact) mass is 216 g/mol. The first-order valence-corrected chi connectivity index (χ1v) is 5.10. The van der Waals surface area contributed by atoms with Crippen molar-refractivity contribution in [1.82, 2.24) is 5.16 Å². The van der Waals surface area contributed by atoms with Gasteiger partial charge in [0.2, 0.25) is 5.76 Å². The average Bonchev–Trinajstić information content (AvgIpc) is 2.83. The number of carbonyl (C=O) groups is 1. The van der Waals surface area contributed by atoms with Crippen molar-refractivity contribution in [3.8, 4) is 0 Å². The summed E-state index contributed by atoms with van der Waals surface area (Å²) in [6, 6.07) is 9.22. The molecule has 0 unspecified atom stereocenters. The van der Waals surface area contributed by atoms with Crippen molar-refractivity contribution in [1.29, 1.82) is 0 Å². The maximum absolute atomic E-state index is 11.6. The van der Waals surface area contributed by atoms with Gasteiger partial charge in [-0.15, -0.1) is 0 Å². The zero-order valence-corrected chi connectivity index (χ0v) is 8.93. The summed E-state index contributed by atoms with van der Waals surface area (Å²) in [5.74, 6) is -0.0821. The van der Waals surface area contributed by atoms with Gasteiger partial charge in [-0.2, -0.15) is 0 Å². The second-order valence-electron chi connectivity index (χ2n) is 3.38. The molecule has 2 rings (SSSR count). The van der Waals surface area contributed by atoms with Crippen molar-refractivity contribution in [3.05, 3.63) is 47.9 Å². The van der Waals surface area contributed by atoms with Gasteiger partial charge in [0.1, 0.15) is 0 Å². The second-order valence-corrected chi connectivity index (χ2v) is 3.38. The average molecular weight is 216 g/mol. The summed E-state index contributed by atoms with van der Waals surface area (Å²) >= 11 is 0. The lowest BCUT2D eigenvalue weighted by molar-refractivity contribution is 0.0988. The molecule has 0 bridgehead atoms. The molecule has 0 aliphatic rings. The van der Waals surface area contributed by atoms with Crippen LogP contribution in [0.1, 0.15) is 23.0 Å². The number of nitrogens with one attached hydrogen (secondary N) is 1. The third-order valence-electron chi connectivity index (χ3n) is 2.28. The van der Waals surface area contributed by atoms with E-state index in [-0.39, 0.29) is 11.7 Å². The number of aromatic nitrogens is 1. The SMILES string of the molecule is CCc1ccc(NC(=O)c2ccno2)cc1. The molecule has 1 heterocycles. The van der Waals surface area contributed by atoms with E-state index < -0.39 is 0 Å². The van der Waals surface area contributed by atoms with E-state index in [0.717, 1.165) is 12.1 Å². The summed E-state index contributed by atoms with van der Waals surface area (Å²) in [7, 11) is 0. The molecule has 0 atom stereocenters. The fourth-order valence-electron chi connectivity index (χ4n) is 1.35. The summed E-state index contributed by atoms with van der Waals surface area (Å²) in [6.07, 6.45) is 2.42. The van der Waals surface area contributed by atoms with E-state index in [0.29, 0.717) is 0 Å². The van der Waals surface area contributed by atoms with E-state index in [2.05, 4.69) is 17.4 Å². The Balaban J connectivity index is 2.06. The molecule has 1 aromatic carbocycles. The molecule has 0 radical (unpaired) electrons. The Hall–Kier alpha value is -2.10. The van der Waals surface area contributed by atoms with Crippen molar-refractivity contribution in [2.75, 3.05) is 5.32 Å². The van der Waals surface area contributed by atoms with Crippen LogP contribution in [0.2, 0.25) is 0 Å². The smallest absolute Gasteiger partial charge is 0.294 e. The van der Waals surface area contributed by atoms with Gasteiger partial charge in [0.25, 0.3) is 5.91 Å². The van der Waals surface area contributed by atoms with Gasteiger partial charge in [0, 0.05) is 11.8 Å². The molecule has 4 nitrogen and oxygen atoms in total. The molecular weight excluding hydrogens is 204 g/mol. The highest BCUT2D eigenvalue weighted by atomic mass is 16.5. The van der Waals surface area contributed by atoms with E-state index >= 15 is 0 Å². The standard InChI is InChI=1S/C12H12N2O2/c1-2-9-3-5-10(6-4-9)14-12(15)11-7-8-13-16-11/h3-8H,2H2,1H3,(H,14,15). The lowest BCUT2D eigenvalue weighted by Crippen LogP contribution is -2.10. The third kappa shape index (κ3) is 2.28. The minimum absolute atomic E-state index is 0.208. The largest absolute Gasteiger partial charge is 0.351 e. The van der Waals surface area contributed by atoms with E-state index in [9.17, 15) is 4.79 Å². The number of rotatable bonds is 3. The number of carbonyl (C=O) groups excluding carboxylic acids is 1. The van der Waals surface area contributed by atoms with Gasteiger partial charge in [-0.25, -0.2) is 0 Å². The Morgan fingerprint density at radius 1 is 1.31 bits per heavy atom. The lowest BCUT2D eigenvalue weighted by atomic mass is 10.1. The first-order chi connectivity index (χ1) is 7.79. The number of aryl methyl sites for hydroxylation is 1. The Morgan fingerprint density at radius 3 is 2.62 bits per heavy atom. The predicted octanol–water partition coefficient (Wildman–Crippen LogP) is 2.49. The molecule has 1 amide bonds. The van der Waals surface area contributed by atoms with Gasteiger partial charge in [-0.1, -0.05) is 24.2 Å². The fourth-order valence-corrected chi connectivity index (χ4v) is 1.35. The number of nitrogens with zero attached hydrogens (tertiary/aromatic N) is 1. The van der Waals surface area contributed by atoms with Crippen LogP contribution in [0.5, 0.6) is 0 Å². The van der Waals surface area contributed by atoms with E-state index in [1.54, 1.807) is 0 Å². The van der Waals surface area contributed by atoms with E-state index in [1.165, 1.54) is 17.8 Å². The highest BCUT2D eigenvalue weighted by molar-refractivity contribution is 6.02. The highest BCUT2D eigenvalue weighted by Crippen LogP contribution is 2.11. The summed E-state index contributed by atoms with van der Waals surface area (Å²) in [5, 5.41) is 6.20. The summed E-state index contributed by atoms with van der Waals surface area (Å²) in [4.78, 5) is 11.6. The molecule has 0 aliphatic heterocycles. The number of hydrogen-bond acceptors (Lipinski definition) is 3. The first kappa shape index (κ1) is 10.4. The number of amides is 1. The van der Waals surface area contributed by atoms with Crippen LogP contribution >= 0.6 is 0 Å². The van der Waals surface area contributed by atoms with Crippen LogP contribution in [0, 0.1) is 0 Å². The predicted molar refractivity (Wildman–Crippen MR) is 60.3 cm³/mol. The lowest BCUT2D eigenvalue weighted by Gasteiger charge is -2.03. The quantitative estimate of drug-likeness (QED) is 0.857. The van der Waals surface area contributed by atoms with Crippen molar-refractivity contribution in [2.24, 2.45) is 0 Å². The molecule has 0 spiro atoms. The Bertz CT molecular complexity index is 460. The molecule has 82 valence electrons. The maximum atomic E-state index is 11.6. The van der Waals surface area contributed by atoms with Crippen LogP contribution in [0.25, 0.3) is 0 Å². The molecule has 4 heteroatoms. The Labute approximate surface area is 93.3 Å². The second kappa shape index (κ2) is 4.61. The summed E-state index contributed by atoms with van der Waals surface area (Å²) in [6.45, 7) is 2.09. The topological polar surface area (TPSA) is 55.1 Å². The zero-order valence-electron chi connectivity index (χ0n) is 8.93. The Morgan fingerprint density at radius 2 is 2.06 bits per heavy atom. The normalized spacial score (nSPS) is 10.1. The van der Waals surface area contributed by atoms with Crippen molar-refractivity contribution >= 4 is 11.6 Å². The van der Waals surface area contributed by atoms with E-state index in [1.807, 2.05) is 24.3 Å². The van der Waals surface area contributed by atoms with Gasteiger partial charge >= 0.3 is 0 Å². The molecule has 1 aromatic heterocycles. The maximum Gasteiger partial charge on any atom is 0.294 e. The van der Waals surface area contributed by atoms with Crippen molar-refractivity contribution in [2.45, 2.75) is 13.3 Å².